The molecule has 0 unspecified atom stereocenters. The summed E-state index contributed by atoms with van der Waals surface area (Å²) in [4.78, 5) is 21.3. The summed E-state index contributed by atoms with van der Waals surface area (Å²) < 4.78 is 0. The number of nitrogens with zero attached hydrogens (tertiary/aromatic N) is 5. The number of rotatable bonds is 2. The molecule has 0 saturated carbocycles. The van der Waals surface area contributed by atoms with Crippen molar-refractivity contribution in [1.82, 2.24) is 19.9 Å². The Labute approximate surface area is 98.9 Å². The standard InChI is InChI=1S/C11H13N5O/c1-8-7-9(2)16(14-8)15(10(3)17)11-12-5-4-6-13-11/h4-7H,1-3H3. The first-order chi connectivity index (χ1) is 8.09. The zero-order valence-electron chi connectivity index (χ0n) is 9.95. The van der Waals surface area contributed by atoms with Gasteiger partial charge in [0.05, 0.1) is 11.4 Å². The number of carbonyl (C=O) groups excluding carboxylic acids is 1. The zero-order valence-corrected chi connectivity index (χ0v) is 9.95. The number of carbonyl (C=O) groups is 1. The smallest absolute Gasteiger partial charge is 0.253 e. The van der Waals surface area contributed by atoms with Gasteiger partial charge in [0.15, 0.2) is 0 Å². The van der Waals surface area contributed by atoms with Crippen LogP contribution in [0, 0.1) is 13.8 Å². The molecule has 0 aliphatic carbocycles. The van der Waals surface area contributed by atoms with Gasteiger partial charge in [-0.25, -0.2) is 9.97 Å². The average Bonchev–Trinajstić information content (AvgIpc) is 2.59. The van der Waals surface area contributed by atoms with Crippen molar-refractivity contribution in [2.45, 2.75) is 20.8 Å². The minimum atomic E-state index is -0.192. The van der Waals surface area contributed by atoms with Crippen LogP contribution in [0.4, 0.5) is 5.95 Å². The number of amides is 1. The fourth-order valence-electron chi connectivity index (χ4n) is 1.58. The SMILES string of the molecule is CC(=O)N(c1ncccn1)n1nc(C)cc1C. The minimum absolute atomic E-state index is 0.192. The maximum absolute atomic E-state index is 11.7. The van der Waals surface area contributed by atoms with Gasteiger partial charge in [0.1, 0.15) is 0 Å². The van der Waals surface area contributed by atoms with Crippen LogP contribution >= 0.6 is 0 Å². The molecular weight excluding hydrogens is 218 g/mol. The highest BCUT2D eigenvalue weighted by atomic mass is 16.2. The predicted molar refractivity (Wildman–Crippen MR) is 62.3 cm³/mol. The molecule has 2 heterocycles. The first-order valence-electron chi connectivity index (χ1n) is 5.21. The van der Waals surface area contributed by atoms with Crippen molar-refractivity contribution >= 4 is 11.9 Å². The Kier molecular flexibility index (Phi) is 2.86. The highest BCUT2D eigenvalue weighted by molar-refractivity contribution is 5.88. The van der Waals surface area contributed by atoms with Gasteiger partial charge in [-0.3, -0.25) is 4.79 Å². The summed E-state index contributed by atoms with van der Waals surface area (Å²) in [7, 11) is 0. The lowest BCUT2D eigenvalue weighted by Crippen LogP contribution is -2.37. The Balaban J connectivity index is 2.50. The van der Waals surface area contributed by atoms with Crippen LogP contribution in [-0.2, 0) is 4.79 Å². The van der Waals surface area contributed by atoms with E-state index in [-0.39, 0.29) is 5.91 Å². The lowest BCUT2D eigenvalue weighted by molar-refractivity contribution is -0.117. The quantitative estimate of drug-likeness (QED) is 0.776. The summed E-state index contributed by atoms with van der Waals surface area (Å²) in [5.41, 5.74) is 1.69. The molecule has 88 valence electrons. The van der Waals surface area contributed by atoms with Crippen molar-refractivity contribution < 1.29 is 4.79 Å². The number of hydrogen-bond donors (Lipinski definition) is 0. The van der Waals surface area contributed by atoms with Gasteiger partial charge in [0, 0.05) is 19.3 Å². The van der Waals surface area contributed by atoms with E-state index in [4.69, 9.17) is 0 Å². The molecule has 0 aliphatic rings. The van der Waals surface area contributed by atoms with E-state index in [0.29, 0.717) is 5.95 Å². The molecule has 0 aromatic carbocycles. The fraction of sp³-hybridized carbons (Fsp3) is 0.273. The molecule has 1 amide bonds. The van der Waals surface area contributed by atoms with Crippen molar-refractivity contribution in [3.63, 3.8) is 0 Å². The molecular formula is C11H13N5O. The van der Waals surface area contributed by atoms with Gasteiger partial charge in [0.2, 0.25) is 5.91 Å². The fourth-order valence-corrected chi connectivity index (χ4v) is 1.58. The summed E-state index contributed by atoms with van der Waals surface area (Å²) in [5, 5.41) is 5.59. The molecule has 2 aromatic rings. The molecule has 2 aromatic heterocycles. The van der Waals surface area contributed by atoms with E-state index in [2.05, 4.69) is 15.1 Å². The summed E-state index contributed by atoms with van der Waals surface area (Å²) in [6.45, 7) is 5.19. The third-order valence-electron chi connectivity index (χ3n) is 2.22. The van der Waals surface area contributed by atoms with E-state index in [9.17, 15) is 4.79 Å². The maximum Gasteiger partial charge on any atom is 0.253 e. The normalized spacial score (nSPS) is 10.3. The summed E-state index contributed by atoms with van der Waals surface area (Å²) >= 11 is 0. The Bertz CT molecular complexity index is 534. The van der Waals surface area contributed by atoms with Crippen LogP contribution in [0.5, 0.6) is 0 Å². The molecule has 0 radical (unpaired) electrons. The molecule has 0 aliphatic heterocycles. The van der Waals surface area contributed by atoms with Crippen LogP contribution in [0.1, 0.15) is 18.3 Å². The average molecular weight is 231 g/mol. The van der Waals surface area contributed by atoms with Crippen LogP contribution in [0.2, 0.25) is 0 Å². The van der Waals surface area contributed by atoms with Gasteiger partial charge in [0.25, 0.3) is 5.95 Å². The molecule has 2 rings (SSSR count). The predicted octanol–water partition coefficient (Wildman–Crippen LogP) is 1.11. The van der Waals surface area contributed by atoms with Gasteiger partial charge >= 0.3 is 0 Å². The van der Waals surface area contributed by atoms with Crippen molar-refractivity contribution in [3.8, 4) is 0 Å². The zero-order chi connectivity index (χ0) is 12.4. The minimum Gasteiger partial charge on any atom is -0.273 e. The lowest BCUT2D eigenvalue weighted by Gasteiger charge is -2.19. The Morgan fingerprint density at radius 2 is 1.94 bits per heavy atom. The summed E-state index contributed by atoms with van der Waals surface area (Å²) in [6, 6.07) is 3.59. The third-order valence-corrected chi connectivity index (χ3v) is 2.22. The van der Waals surface area contributed by atoms with Gasteiger partial charge < -0.3 is 0 Å². The Morgan fingerprint density at radius 3 is 2.41 bits per heavy atom. The molecule has 6 heteroatoms. The number of aryl methyl sites for hydroxylation is 2. The lowest BCUT2D eigenvalue weighted by atomic mass is 10.4. The second kappa shape index (κ2) is 4.32. The van der Waals surface area contributed by atoms with Crippen LogP contribution in [0.15, 0.2) is 24.5 Å². The van der Waals surface area contributed by atoms with E-state index >= 15 is 0 Å². The molecule has 0 saturated heterocycles. The molecule has 17 heavy (non-hydrogen) atoms. The topological polar surface area (TPSA) is 63.9 Å². The molecule has 0 bridgehead atoms. The second-order valence-corrected chi connectivity index (χ2v) is 3.70. The van der Waals surface area contributed by atoms with Crippen LogP contribution in [-0.4, -0.2) is 25.8 Å². The van der Waals surface area contributed by atoms with Gasteiger partial charge in [-0.15, -0.1) is 0 Å². The third kappa shape index (κ3) is 2.15. The van der Waals surface area contributed by atoms with E-state index < -0.39 is 0 Å². The monoisotopic (exact) mass is 231 g/mol. The first kappa shape index (κ1) is 11.3. The largest absolute Gasteiger partial charge is 0.273 e. The molecule has 0 N–H and O–H groups in total. The van der Waals surface area contributed by atoms with Crippen molar-refractivity contribution in [2.24, 2.45) is 0 Å². The first-order valence-corrected chi connectivity index (χ1v) is 5.21. The van der Waals surface area contributed by atoms with Crippen molar-refractivity contribution in [1.29, 1.82) is 0 Å². The molecule has 0 atom stereocenters. The van der Waals surface area contributed by atoms with E-state index in [1.54, 1.807) is 18.5 Å². The number of aromatic nitrogens is 4. The molecule has 0 spiro atoms. The van der Waals surface area contributed by atoms with E-state index in [1.165, 1.54) is 16.7 Å². The number of hydrogen-bond acceptors (Lipinski definition) is 4. The highest BCUT2D eigenvalue weighted by Gasteiger charge is 2.18. The molecule has 6 nitrogen and oxygen atoms in total. The van der Waals surface area contributed by atoms with Gasteiger partial charge in [-0.1, -0.05) is 0 Å². The summed E-state index contributed by atoms with van der Waals surface area (Å²) in [5.74, 6) is 0.119. The summed E-state index contributed by atoms with van der Waals surface area (Å²) in [6.07, 6.45) is 3.17. The Hall–Kier alpha value is -2.24. The van der Waals surface area contributed by atoms with Crippen LogP contribution in [0.3, 0.4) is 0 Å². The van der Waals surface area contributed by atoms with E-state index in [1.807, 2.05) is 19.9 Å². The highest BCUT2D eigenvalue weighted by Crippen LogP contribution is 2.11. The van der Waals surface area contributed by atoms with Crippen LogP contribution < -0.4 is 5.01 Å². The second-order valence-electron chi connectivity index (χ2n) is 3.70. The maximum atomic E-state index is 11.7. The number of anilines is 1. The van der Waals surface area contributed by atoms with Crippen molar-refractivity contribution in [3.05, 3.63) is 35.9 Å². The van der Waals surface area contributed by atoms with E-state index in [0.717, 1.165) is 11.4 Å². The van der Waals surface area contributed by atoms with Gasteiger partial charge in [-0.05, 0) is 26.0 Å². The van der Waals surface area contributed by atoms with Crippen molar-refractivity contribution in [2.75, 3.05) is 5.01 Å². The van der Waals surface area contributed by atoms with Gasteiger partial charge in [-0.2, -0.15) is 14.9 Å². The Morgan fingerprint density at radius 1 is 1.29 bits per heavy atom. The molecule has 0 fully saturated rings. The van der Waals surface area contributed by atoms with Crippen LogP contribution in [0.25, 0.3) is 0 Å².